The van der Waals surface area contributed by atoms with Crippen LogP contribution in [0.1, 0.15) is 101 Å². The molecule has 3 rings (SSSR count). The van der Waals surface area contributed by atoms with Crippen molar-refractivity contribution in [3.05, 3.63) is 77.4 Å². The van der Waals surface area contributed by atoms with Crippen LogP contribution in [-0.2, 0) is 17.1 Å². The number of hydrogen-bond acceptors (Lipinski definition) is 0. The Morgan fingerprint density at radius 3 is 1.47 bits per heavy atom. The second-order valence-corrected chi connectivity index (χ2v) is 9.33. The van der Waals surface area contributed by atoms with E-state index in [0.717, 1.165) is 0 Å². The van der Waals surface area contributed by atoms with Crippen LogP contribution in [0.5, 0.6) is 0 Å². The molecule has 0 saturated carbocycles. The van der Waals surface area contributed by atoms with Crippen molar-refractivity contribution < 1.29 is 21.6 Å². The van der Waals surface area contributed by atoms with Crippen molar-refractivity contribution in [3.8, 4) is 11.4 Å². The summed E-state index contributed by atoms with van der Waals surface area (Å²) in [6.45, 7) is 18.2. The SMILES string of the molecule is CC(C)c1cccc(C(C)C)c1-n1[c-][n+](-c2c(C(C)C)cccc2C(C)C)cc1.[Cu+]. The Bertz CT molecular complexity index is 850. The number of aromatic nitrogens is 2. The molecule has 1 aromatic heterocycles. The van der Waals surface area contributed by atoms with E-state index in [9.17, 15) is 0 Å². The number of benzene rings is 2. The van der Waals surface area contributed by atoms with Crippen LogP contribution < -0.4 is 4.57 Å². The normalized spacial score (nSPS) is 11.6. The van der Waals surface area contributed by atoms with Crippen LogP contribution in [0.4, 0.5) is 0 Å². The first-order valence-electron chi connectivity index (χ1n) is 11.0. The molecule has 0 aliphatic carbocycles. The fraction of sp³-hybridized carbons (Fsp3) is 0.444. The van der Waals surface area contributed by atoms with Crippen molar-refractivity contribution in [2.75, 3.05) is 0 Å². The predicted octanol–water partition coefficient (Wildman–Crippen LogP) is 7.05. The molecule has 0 N–H and O–H groups in total. The minimum Gasteiger partial charge on any atom is -0.298 e. The maximum atomic E-state index is 3.66. The second-order valence-electron chi connectivity index (χ2n) is 9.33. The van der Waals surface area contributed by atoms with Gasteiger partial charge in [0.1, 0.15) is 0 Å². The number of imidazole rings is 1. The largest absolute Gasteiger partial charge is 1.00 e. The van der Waals surface area contributed by atoms with Gasteiger partial charge in [-0.25, -0.2) is 0 Å². The third-order valence-corrected chi connectivity index (χ3v) is 5.75. The Morgan fingerprint density at radius 1 is 0.667 bits per heavy atom. The quantitative estimate of drug-likeness (QED) is 0.216. The summed E-state index contributed by atoms with van der Waals surface area (Å²) in [6.07, 6.45) is 7.98. The van der Waals surface area contributed by atoms with E-state index in [1.54, 1.807) is 0 Å². The van der Waals surface area contributed by atoms with E-state index in [4.69, 9.17) is 0 Å². The summed E-state index contributed by atoms with van der Waals surface area (Å²) in [7, 11) is 0. The van der Waals surface area contributed by atoms with Crippen LogP contribution in [0.15, 0.2) is 48.8 Å². The van der Waals surface area contributed by atoms with Crippen molar-refractivity contribution in [3.63, 3.8) is 0 Å². The molecular formula is C27H36CuN2+. The van der Waals surface area contributed by atoms with E-state index in [2.05, 4.69) is 120 Å². The fourth-order valence-corrected chi connectivity index (χ4v) is 4.14. The van der Waals surface area contributed by atoms with Crippen LogP contribution in [0, 0.1) is 6.33 Å². The van der Waals surface area contributed by atoms with Gasteiger partial charge in [0, 0.05) is 12.4 Å². The third-order valence-electron chi connectivity index (χ3n) is 5.75. The molecule has 0 amide bonds. The summed E-state index contributed by atoms with van der Waals surface area (Å²) in [5, 5.41) is 0. The molecule has 0 spiro atoms. The van der Waals surface area contributed by atoms with Gasteiger partial charge in [-0.2, -0.15) is 0 Å². The Kier molecular flexibility index (Phi) is 8.13. The zero-order valence-corrected chi connectivity index (χ0v) is 20.6. The molecule has 1 heterocycles. The number of hydrogen-bond donors (Lipinski definition) is 0. The summed E-state index contributed by atoms with van der Waals surface area (Å²) in [4.78, 5) is 0. The molecule has 0 radical (unpaired) electrons. The van der Waals surface area contributed by atoms with E-state index < -0.39 is 0 Å². The number of rotatable bonds is 6. The zero-order chi connectivity index (χ0) is 21.3. The summed E-state index contributed by atoms with van der Waals surface area (Å²) >= 11 is 0. The van der Waals surface area contributed by atoms with Gasteiger partial charge >= 0.3 is 17.1 Å². The fourth-order valence-electron chi connectivity index (χ4n) is 4.14. The van der Waals surface area contributed by atoms with Gasteiger partial charge < -0.3 is 0 Å². The molecule has 0 unspecified atom stereocenters. The second kappa shape index (κ2) is 9.98. The molecule has 3 heteroatoms. The van der Waals surface area contributed by atoms with Gasteiger partial charge in [-0.05, 0) is 45.9 Å². The van der Waals surface area contributed by atoms with Crippen molar-refractivity contribution in [1.29, 1.82) is 0 Å². The standard InChI is InChI=1S/C27H36N2.Cu/c1-18(2)22-11-9-12-23(19(3)4)26(22)28-15-16-29(17-28)27-24(20(5)6)13-10-14-25(27)21(7)8;/h9-16,18-21H,1-8H3;/q;+1. The molecule has 0 saturated heterocycles. The van der Waals surface area contributed by atoms with Gasteiger partial charge in [-0.15, -0.1) is 0 Å². The maximum Gasteiger partial charge on any atom is 1.00 e. The van der Waals surface area contributed by atoms with Crippen LogP contribution in [0.25, 0.3) is 11.4 Å². The Hall–Kier alpha value is -1.83. The molecule has 3 aromatic rings. The van der Waals surface area contributed by atoms with Crippen LogP contribution in [0.2, 0.25) is 0 Å². The van der Waals surface area contributed by atoms with E-state index >= 15 is 0 Å². The van der Waals surface area contributed by atoms with E-state index in [1.807, 2.05) is 0 Å². The first-order valence-corrected chi connectivity index (χ1v) is 11.0. The Balaban J connectivity index is 0.00000320. The van der Waals surface area contributed by atoms with E-state index in [-0.39, 0.29) is 17.1 Å². The number of para-hydroxylation sites is 2. The average molecular weight is 452 g/mol. The van der Waals surface area contributed by atoms with Gasteiger partial charge in [-0.1, -0.05) is 91.8 Å². The third kappa shape index (κ3) is 4.74. The minimum absolute atomic E-state index is 0. The molecular weight excluding hydrogens is 416 g/mol. The van der Waals surface area contributed by atoms with Gasteiger partial charge in [0.2, 0.25) is 0 Å². The van der Waals surface area contributed by atoms with E-state index in [1.165, 1.54) is 33.6 Å². The smallest absolute Gasteiger partial charge is 0.298 e. The Labute approximate surface area is 193 Å². The van der Waals surface area contributed by atoms with Gasteiger partial charge in [0.15, 0.2) is 0 Å². The van der Waals surface area contributed by atoms with Gasteiger partial charge in [0.25, 0.3) is 6.33 Å². The molecule has 0 fully saturated rings. The van der Waals surface area contributed by atoms with Gasteiger partial charge in [0.05, 0.1) is 11.4 Å². The summed E-state index contributed by atoms with van der Waals surface area (Å²) in [5.74, 6) is 1.84. The molecule has 0 aliphatic rings. The molecule has 0 aliphatic heterocycles. The Morgan fingerprint density at radius 2 is 1.07 bits per heavy atom. The zero-order valence-electron chi connectivity index (χ0n) is 19.6. The molecule has 2 aromatic carbocycles. The van der Waals surface area contributed by atoms with Crippen LogP contribution in [-0.4, -0.2) is 4.57 Å². The monoisotopic (exact) mass is 451 g/mol. The predicted molar refractivity (Wildman–Crippen MR) is 122 cm³/mol. The summed E-state index contributed by atoms with van der Waals surface area (Å²) in [6, 6.07) is 13.4. The summed E-state index contributed by atoms with van der Waals surface area (Å²) < 4.78 is 4.40. The molecule has 0 atom stereocenters. The minimum atomic E-state index is 0. The first kappa shape index (κ1) is 24.4. The molecule has 2 nitrogen and oxygen atoms in total. The number of nitrogens with zero attached hydrogens (tertiary/aromatic N) is 2. The van der Waals surface area contributed by atoms with Gasteiger partial charge in [-0.3, -0.25) is 9.13 Å². The molecule has 0 bridgehead atoms. The molecule has 164 valence electrons. The maximum absolute atomic E-state index is 3.66. The van der Waals surface area contributed by atoms with E-state index in [0.29, 0.717) is 23.7 Å². The van der Waals surface area contributed by atoms with Crippen LogP contribution in [0.3, 0.4) is 0 Å². The van der Waals surface area contributed by atoms with Crippen molar-refractivity contribution >= 4 is 0 Å². The van der Waals surface area contributed by atoms with Crippen molar-refractivity contribution in [1.82, 2.24) is 4.57 Å². The van der Waals surface area contributed by atoms with Crippen LogP contribution >= 0.6 is 0 Å². The average Bonchev–Trinajstić information content (AvgIpc) is 3.15. The first-order chi connectivity index (χ1) is 13.7. The van der Waals surface area contributed by atoms with Crippen molar-refractivity contribution in [2.24, 2.45) is 0 Å². The summed E-state index contributed by atoms with van der Waals surface area (Å²) in [5.41, 5.74) is 8.05. The van der Waals surface area contributed by atoms with Crippen molar-refractivity contribution in [2.45, 2.75) is 79.1 Å². The molecule has 30 heavy (non-hydrogen) atoms. The topological polar surface area (TPSA) is 8.81 Å².